The van der Waals surface area contributed by atoms with Crippen LogP contribution < -0.4 is 10.6 Å². The van der Waals surface area contributed by atoms with E-state index in [4.69, 9.17) is 10.5 Å². The first-order valence-corrected chi connectivity index (χ1v) is 10.9. The SMILES string of the molecule is CC(C)(C)OC(=O)N(C(=O)O)c1ncnc2c1c(-c1ccc(N)c3nccn13)cn2-c1ccncc1. The first-order valence-electron chi connectivity index (χ1n) is 10.9. The lowest BCUT2D eigenvalue weighted by Gasteiger charge is -2.24. The number of ether oxygens (including phenoxy) is 1. The minimum Gasteiger partial charge on any atom is -0.464 e. The van der Waals surface area contributed by atoms with Crippen LogP contribution in [0.3, 0.4) is 0 Å². The van der Waals surface area contributed by atoms with Gasteiger partial charge < -0.3 is 20.1 Å². The molecule has 0 aliphatic rings. The number of anilines is 2. The van der Waals surface area contributed by atoms with Crippen molar-refractivity contribution in [3.8, 4) is 16.9 Å². The number of imide groups is 1. The van der Waals surface area contributed by atoms with Crippen LogP contribution in [0.25, 0.3) is 33.6 Å². The number of nitrogens with two attached hydrogens (primary N) is 1. The number of aromatic nitrogens is 6. The summed E-state index contributed by atoms with van der Waals surface area (Å²) in [6.07, 6.45) is 6.98. The van der Waals surface area contributed by atoms with E-state index < -0.39 is 17.8 Å². The molecule has 36 heavy (non-hydrogen) atoms. The second-order valence-corrected chi connectivity index (χ2v) is 8.91. The van der Waals surface area contributed by atoms with Crippen molar-refractivity contribution in [2.75, 3.05) is 10.6 Å². The molecule has 12 heteroatoms. The number of nitrogens with zero attached hydrogens (tertiary/aromatic N) is 7. The number of pyridine rings is 2. The number of carbonyl (C=O) groups is 2. The fourth-order valence-corrected chi connectivity index (χ4v) is 3.93. The average molecular weight is 486 g/mol. The smallest absolute Gasteiger partial charge is 0.425 e. The van der Waals surface area contributed by atoms with Crippen molar-refractivity contribution in [1.29, 1.82) is 0 Å². The summed E-state index contributed by atoms with van der Waals surface area (Å²) >= 11 is 0. The van der Waals surface area contributed by atoms with E-state index in [0.29, 0.717) is 38.5 Å². The largest absolute Gasteiger partial charge is 0.464 e. The molecule has 0 radical (unpaired) electrons. The Kier molecular flexibility index (Phi) is 5.28. The van der Waals surface area contributed by atoms with E-state index in [-0.39, 0.29) is 5.82 Å². The predicted octanol–water partition coefficient (Wildman–Crippen LogP) is 4.13. The van der Waals surface area contributed by atoms with Gasteiger partial charge in [-0.05, 0) is 45.0 Å². The molecule has 0 bridgehead atoms. The number of nitrogen functional groups attached to an aromatic ring is 1. The lowest BCUT2D eigenvalue weighted by molar-refractivity contribution is 0.0581. The van der Waals surface area contributed by atoms with Crippen molar-refractivity contribution in [3.63, 3.8) is 0 Å². The van der Waals surface area contributed by atoms with Crippen LogP contribution in [0.1, 0.15) is 20.8 Å². The van der Waals surface area contributed by atoms with E-state index in [1.807, 2.05) is 0 Å². The Bertz CT molecular complexity index is 1620. The summed E-state index contributed by atoms with van der Waals surface area (Å²) in [6, 6.07) is 7.05. The van der Waals surface area contributed by atoms with Crippen LogP contribution in [0.5, 0.6) is 0 Å². The van der Waals surface area contributed by atoms with Crippen LogP contribution in [-0.2, 0) is 4.74 Å². The number of carbonyl (C=O) groups excluding carboxylic acids is 1. The van der Waals surface area contributed by atoms with Crippen molar-refractivity contribution < 1.29 is 19.4 Å². The van der Waals surface area contributed by atoms with Gasteiger partial charge in [0.05, 0.1) is 22.5 Å². The fraction of sp³-hybridized carbons (Fsp3) is 0.167. The van der Waals surface area contributed by atoms with Gasteiger partial charge >= 0.3 is 12.2 Å². The van der Waals surface area contributed by atoms with E-state index in [0.717, 1.165) is 5.69 Å². The van der Waals surface area contributed by atoms with Crippen LogP contribution in [0.15, 0.2) is 61.6 Å². The summed E-state index contributed by atoms with van der Waals surface area (Å²) in [5.74, 6) is -0.144. The number of carboxylic acid groups (broad SMARTS) is 1. The minimum atomic E-state index is -1.54. The topological polar surface area (TPSA) is 154 Å². The first-order chi connectivity index (χ1) is 17.2. The van der Waals surface area contributed by atoms with Gasteiger partial charge in [-0.25, -0.2) is 24.5 Å². The molecule has 0 spiro atoms. The Morgan fingerprint density at radius 1 is 1.03 bits per heavy atom. The van der Waals surface area contributed by atoms with E-state index in [1.54, 1.807) is 85.0 Å². The van der Waals surface area contributed by atoms with Crippen molar-refractivity contribution >= 4 is 40.4 Å². The number of hydrogen-bond acceptors (Lipinski definition) is 8. The Hall–Kier alpha value is -5.00. The summed E-state index contributed by atoms with van der Waals surface area (Å²) in [7, 11) is 0. The zero-order valence-corrected chi connectivity index (χ0v) is 19.7. The highest BCUT2D eigenvalue weighted by Crippen LogP contribution is 2.38. The molecule has 0 aromatic carbocycles. The maximum Gasteiger partial charge on any atom is 0.425 e. The highest BCUT2D eigenvalue weighted by Gasteiger charge is 2.33. The van der Waals surface area contributed by atoms with Crippen molar-refractivity contribution in [2.24, 2.45) is 0 Å². The molecule has 3 N–H and O–H groups in total. The van der Waals surface area contributed by atoms with Crippen molar-refractivity contribution in [1.82, 2.24) is 28.9 Å². The molecule has 0 atom stereocenters. The minimum absolute atomic E-state index is 0.144. The Labute approximate surface area is 204 Å². The number of amides is 2. The maximum absolute atomic E-state index is 13.0. The second-order valence-electron chi connectivity index (χ2n) is 8.91. The Morgan fingerprint density at radius 3 is 2.47 bits per heavy atom. The number of hydrogen-bond donors (Lipinski definition) is 2. The van der Waals surface area contributed by atoms with E-state index in [1.165, 1.54) is 6.33 Å². The average Bonchev–Trinajstić information content (AvgIpc) is 3.45. The van der Waals surface area contributed by atoms with Gasteiger partial charge in [-0.1, -0.05) is 0 Å². The van der Waals surface area contributed by atoms with Gasteiger partial charge in [-0.3, -0.25) is 9.38 Å². The second kappa shape index (κ2) is 8.34. The summed E-state index contributed by atoms with van der Waals surface area (Å²) in [5.41, 5.74) is 8.47. The third kappa shape index (κ3) is 3.83. The van der Waals surface area contributed by atoms with Gasteiger partial charge in [0.2, 0.25) is 0 Å². The normalized spacial score (nSPS) is 11.6. The van der Waals surface area contributed by atoms with Gasteiger partial charge in [-0.2, -0.15) is 4.90 Å². The predicted molar refractivity (Wildman–Crippen MR) is 132 cm³/mol. The van der Waals surface area contributed by atoms with E-state index >= 15 is 0 Å². The molecule has 5 heterocycles. The van der Waals surface area contributed by atoms with E-state index in [2.05, 4.69) is 19.9 Å². The first kappa shape index (κ1) is 22.8. The highest BCUT2D eigenvalue weighted by atomic mass is 16.6. The third-order valence-electron chi connectivity index (χ3n) is 5.34. The Balaban J connectivity index is 1.85. The van der Waals surface area contributed by atoms with Crippen molar-refractivity contribution in [3.05, 3.63) is 61.6 Å². The Morgan fingerprint density at radius 2 is 1.78 bits per heavy atom. The van der Waals surface area contributed by atoms with Crippen LogP contribution in [0.4, 0.5) is 21.1 Å². The molecule has 0 unspecified atom stereocenters. The highest BCUT2D eigenvalue weighted by molar-refractivity contribution is 6.15. The van der Waals surface area contributed by atoms with Gasteiger partial charge in [-0.15, -0.1) is 0 Å². The molecule has 0 fully saturated rings. The molecule has 0 saturated heterocycles. The molecule has 0 aliphatic heterocycles. The molecule has 0 saturated carbocycles. The zero-order chi connectivity index (χ0) is 25.6. The lowest BCUT2D eigenvalue weighted by Crippen LogP contribution is -2.40. The van der Waals surface area contributed by atoms with Crippen LogP contribution in [0.2, 0.25) is 0 Å². The lowest BCUT2D eigenvalue weighted by atomic mass is 10.1. The number of imidazole rings is 1. The molecular formula is C24H22N8O4. The fourth-order valence-electron chi connectivity index (χ4n) is 3.93. The summed E-state index contributed by atoms with van der Waals surface area (Å²) in [5, 5.41) is 10.4. The van der Waals surface area contributed by atoms with Crippen LogP contribution in [0, 0.1) is 0 Å². The molecule has 12 nitrogen and oxygen atoms in total. The molecule has 5 aromatic heterocycles. The van der Waals surface area contributed by atoms with Gasteiger partial charge in [0.15, 0.2) is 17.1 Å². The summed E-state index contributed by atoms with van der Waals surface area (Å²) in [6.45, 7) is 4.95. The van der Waals surface area contributed by atoms with Crippen LogP contribution >= 0.6 is 0 Å². The molecular weight excluding hydrogens is 464 g/mol. The van der Waals surface area contributed by atoms with Crippen molar-refractivity contribution in [2.45, 2.75) is 26.4 Å². The molecule has 5 rings (SSSR count). The molecule has 182 valence electrons. The van der Waals surface area contributed by atoms with E-state index in [9.17, 15) is 14.7 Å². The third-order valence-corrected chi connectivity index (χ3v) is 5.34. The molecule has 5 aromatic rings. The number of rotatable bonds is 3. The van der Waals surface area contributed by atoms with Gasteiger partial charge in [0, 0.05) is 36.5 Å². The zero-order valence-electron chi connectivity index (χ0n) is 19.7. The summed E-state index contributed by atoms with van der Waals surface area (Å²) < 4.78 is 8.92. The van der Waals surface area contributed by atoms with Crippen LogP contribution in [-0.4, -0.2) is 51.8 Å². The monoisotopic (exact) mass is 486 g/mol. The number of fused-ring (bicyclic) bond motifs is 2. The molecule has 2 amide bonds. The standard InChI is InChI=1S/C24H22N8O4/c1-24(2,3)36-23(35)32(22(33)34)21-18-15(17-5-4-16(25)19-27-10-11-30(17)19)12-31(20(18)28-13-29-21)14-6-8-26-9-7-14/h4-13H,25H2,1-3H3,(H,33,34). The van der Waals surface area contributed by atoms with Gasteiger partial charge in [0.1, 0.15) is 11.9 Å². The quantitative estimate of drug-likeness (QED) is 0.383. The maximum atomic E-state index is 13.0. The summed E-state index contributed by atoms with van der Waals surface area (Å²) in [4.78, 5) is 42.8. The molecule has 0 aliphatic carbocycles. The van der Waals surface area contributed by atoms with Gasteiger partial charge in [0.25, 0.3) is 0 Å².